The molecule has 3 heterocycles. The monoisotopic (exact) mass is 315 g/mol. The highest BCUT2D eigenvalue weighted by atomic mass is 16.1. The van der Waals surface area contributed by atoms with Crippen molar-refractivity contribution in [2.24, 2.45) is 7.05 Å². The van der Waals surface area contributed by atoms with Gasteiger partial charge in [0, 0.05) is 38.7 Å². The first-order valence-electron chi connectivity index (χ1n) is 8.30. The zero-order valence-electron chi connectivity index (χ0n) is 13.9. The molecule has 0 spiro atoms. The third-order valence-electron chi connectivity index (χ3n) is 4.75. The molecular weight excluding hydrogens is 290 g/mol. The Balaban J connectivity index is 1.75. The van der Waals surface area contributed by atoms with E-state index in [1.807, 2.05) is 40.8 Å². The average molecular weight is 315 g/mol. The number of hydrogen-bond donors (Lipinski definition) is 1. The molecule has 0 aromatic carbocycles. The second-order valence-corrected chi connectivity index (χ2v) is 6.10. The Morgan fingerprint density at radius 1 is 1.35 bits per heavy atom. The second-order valence-electron chi connectivity index (χ2n) is 6.10. The molecule has 23 heavy (non-hydrogen) atoms. The van der Waals surface area contributed by atoms with Crippen LogP contribution >= 0.6 is 0 Å². The number of aromatic nitrogens is 3. The van der Waals surface area contributed by atoms with Gasteiger partial charge in [0.25, 0.3) is 5.91 Å². The van der Waals surface area contributed by atoms with Crippen molar-refractivity contribution in [3.05, 3.63) is 42.0 Å². The fraction of sp³-hybridized carbons (Fsp3) is 0.529. The lowest BCUT2D eigenvalue weighted by Crippen LogP contribution is -2.37. The molecule has 1 fully saturated rings. The Labute approximate surface area is 137 Å². The van der Waals surface area contributed by atoms with E-state index >= 15 is 0 Å². The second kappa shape index (κ2) is 7.00. The van der Waals surface area contributed by atoms with E-state index in [1.54, 1.807) is 7.05 Å². The maximum absolute atomic E-state index is 11.9. The van der Waals surface area contributed by atoms with E-state index in [0.29, 0.717) is 6.04 Å². The third kappa shape index (κ3) is 3.32. The minimum atomic E-state index is -0.0300. The normalized spacial score (nSPS) is 19.0. The summed E-state index contributed by atoms with van der Waals surface area (Å²) in [4.78, 5) is 14.5. The molecule has 124 valence electrons. The molecule has 2 aromatic rings. The number of rotatable bonds is 5. The van der Waals surface area contributed by atoms with Crippen LogP contribution in [0, 0.1) is 0 Å². The quantitative estimate of drug-likeness (QED) is 0.915. The summed E-state index contributed by atoms with van der Waals surface area (Å²) in [6.45, 7) is 2.98. The van der Waals surface area contributed by atoms with E-state index < -0.39 is 0 Å². The summed E-state index contributed by atoms with van der Waals surface area (Å²) in [6, 6.07) is 6.36. The molecule has 0 saturated carbocycles. The van der Waals surface area contributed by atoms with Gasteiger partial charge < -0.3 is 9.88 Å². The van der Waals surface area contributed by atoms with Gasteiger partial charge in [-0.1, -0.05) is 6.42 Å². The van der Waals surface area contributed by atoms with Crippen LogP contribution in [0.15, 0.2) is 30.6 Å². The largest absolute Gasteiger partial charge is 0.354 e. The summed E-state index contributed by atoms with van der Waals surface area (Å²) in [5.41, 5.74) is 1.95. The van der Waals surface area contributed by atoms with Crippen molar-refractivity contribution in [2.45, 2.75) is 31.8 Å². The molecule has 0 aliphatic carbocycles. The van der Waals surface area contributed by atoms with Crippen molar-refractivity contribution in [3.63, 3.8) is 0 Å². The van der Waals surface area contributed by atoms with Gasteiger partial charge in [-0.3, -0.25) is 14.4 Å². The Morgan fingerprint density at radius 3 is 2.96 bits per heavy atom. The predicted molar refractivity (Wildman–Crippen MR) is 89.2 cm³/mol. The lowest BCUT2D eigenvalue weighted by Gasteiger charge is -2.36. The van der Waals surface area contributed by atoms with Crippen molar-refractivity contribution in [1.29, 1.82) is 0 Å². The van der Waals surface area contributed by atoms with E-state index in [4.69, 9.17) is 0 Å². The van der Waals surface area contributed by atoms with Crippen LogP contribution in [0.25, 0.3) is 0 Å². The highest BCUT2D eigenvalue weighted by Crippen LogP contribution is 2.31. The van der Waals surface area contributed by atoms with E-state index in [2.05, 4.69) is 21.4 Å². The van der Waals surface area contributed by atoms with Crippen LogP contribution in [0.4, 0.5) is 0 Å². The van der Waals surface area contributed by atoms with Crippen LogP contribution in [0.1, 0.15) is 41.5 Å². The van der Waals surface area contributed by atoms with Gasteiger partial charge in [0.1, 0.15) is 5.69 Å². The van der Waals surface area contributed by atoms with Crippen LogP contribution in [0.3, 0.4) is 0 Å². The molecule has 1 atom stereocenters. The molecule has 0 bridgehead atoms. The van der Waals surface area contributed by atoms with Crippen LogP contribution in [0.5, 0.6) is 0 Å². The molecule has 6 heteroatoms. The van der Waals surface area contributed by atoms with Gasteiger partial charge in [-0.05, 0) is 37.6 Å². The minimum Gasteiger partial charge on any atom is -0.354 e. The molecule has 1 saturated heterocycles. The maximum Gasteiger partial charge on any atom is 0.267 e. The number of carbonyl (C=O) groups is 1. The lowest BCUT2D eigenvalue weighted by molar-refractivity contribution is 0.0952. The average Bonchev–Trinajstić information content (AvgIpc) is 3.22. The Morgan fingerprint density at radius 2 is 2.22 bits per heavy atom. The first kappa shape index (κ1) is 15.8. The summed E-state index contributed by atoms with van der Waals surface area (Å²) >= 11 is 0. The Hall–Kier alpha value is -2.08. The van der Waals surface area contributed by atoms with Crippen molar-refractivity contribution < 1.29 is 4.79 Å². The topological polar surface area (TPSA) is 55.1 Å². The smallest absolute Gasteiger partial charge is 0.267 e. The lowest BCUT2D eigenvalue weighted by atomic mass is 9.99. The summed E-state index contributed by atoms with van der Waals surface area (Å²) in [7, 11) is 3.66. The summed E-state index contributed by atoms with van der Waals surface area (Å²) in [5, 5.41) is 6.99. The van der Waals surface area contributed by atoms with Gasteiger partial charge in [-0.2, -0.15) is 5.10 Å². The van der Waals surface area contributed by atoms with Crippen LogP contribution in [-0.2, 0) is 13.6 Å². The first-order valence-corrected chi connectivity index (χ1v) is 8.30. The molecule has 6 nitrogen and oxygen atoms in total. The summed E-state index contributed by atoms with van der Waals surface area (Å²) in [6.07, 6.45) is 7.45. The third-order valence-corrected chi connectivity index (χ3v) is 4.75. The van der Waals surface area contributed by atoms with E-state index in [0.717, 1.165) is 31.7 Å². The number of amides is 1. The number of hydrogen-bond acceptors (Lipinski definition) is 3. The molecular formula is C17H25N5O. The Bertz CT molecular complexity index is 646. The molecule has 0 radical (unpaired) electrons. The SMILES string of the molecule is CNC(=O)c1ccc(C2CCCCN2CCn2cccn2)n1C. The number of nitrogens with zero attached hydrogens (tertiary/aromatic N) is 4. The molecule has 2 aromatic heterocycles. The highest BCUT2D eigenvalue weighted by Gasteiger charge is 2.27. The van der Waals surface area contributed by atoms with Gasteiger partial charge in [-0.25, -0.2) is 0 Å². The van der Waals surface area contributed by atoms with Gasteiger partial charge in [0.15, 0.2) is 0 Å². The molecule has 1 amide bonds. The maximum atomic E-state index is 11.9. The zero-order chi connectivity index (χ0) is 16.2. The molecule has 3 rings (SSSR count). The van der Waals surface area contributed by atoms with Crippen molar-refractivity contribution in [1.82, 2.24) is 24.6 Å². The molecule has 1 aliphatic heterocycles. The van der Waals surface area contributed by atoms with Crippen molar-refractivity contribution in [2.75, 3.05) is 20.1 Å². The van der Waals surface area contributed by atoms with Crippen molar-refractivity contribution >= 4 is 5.91 Å². The molecule has 1 N–H and O–H groups in total. The zero-order valence-corrected chi connectivity index (χ0v) is 13.9. The fourth-order valence-electron chi connectivity index (χ4n) is 3.47. The van der Waals surface area contributed by atoms with Gasteiger partial charge in [0.2, 0.25) is 0 Å². The van der Waals surface area contributed by atoms with Crippen LogP contribution in [-0.4, -0.2) is 45.3 Å². The van der Waals surface area contributed by atoms with E-state index in [9.17, 15) is 4.79 Å². The van der Waals surface area contributed by atoms with Gasteiger partial charge >= 0.3 is 0 Å². The predicted octanol–water partition coefficient (Wildman–Crippen LogP) is 1.81. The number of piperidine rings is 1. The minimum absolute atomic E-state index is 0.0300. The van der Waals surface area contributed by atoms with Gasteiger partial charge in [0.05, 0.1) is 12.6 Å². The van der Waals surface area contributed by atoms with Crippen LogP contribution in [0.2, 0.25) is 0 Å². The van der Waals surface area contributed by atoms with E-state index in [-0.39, 0.29) is 5.91 Å². The van der Waals surface area contributed by atoms with E-state index in [1.165, 1.54) is 18.5 Å². The molecule has 1 unspecified atom stereocenters. The highest BCUT2D eigenvalue weighted by molar-refractivity contribution is 5.92. The first-order chi connectivity index (χ1) is 11.2. The fourth-order valence-corrected chi connectivity index (χ4v) is 3.47. The summed E-state index contributed by atoms with van der Waals surface area (Å²) < 4.78 is 4.02. The number of nitrogens with one attached hydrogen (secondary N) is 1. The number of carbonyl (C=O) groups excluding carboxylic acids is 1. The summed E-state index contributed by atoms with van der Waals surface area (Å²) in [5.74, 6) is -0.0300. The Kier molecular flexibility index (Phi) is 4.81. The standard InChI is InChI=1S/C17H25N5O/c1-18-17(23)16-8-7-14(20(16)2)15-6-3-4-10-21(15)12-13-22-11-5-9-19-22/h5,7-9,11,15H,3-4,6,10,12-13H2,1-2H3,(H,18,23). The van der Waals surface area contributed by atoms with Crippen LogP contribution < -0.4 is 5.32 Å². The van der Waals surface area contributed by atoms with Crippen molar-refractivity contribution in [3.8, 4) is 0 Å². The molecule has 1 aliphatic rings. The van der Waals surface area contributed by atoms with Gasteiger partial charge in [-0.15, -0.1) is 0 Å². The number of likely N-dealkylation sites (tertiary alicyclic amines) is 1.